The molecular weight excluding hydrogens is 302 g/mol. The number of ether oxygens (including phenoxy) is 1. The van der Waals surface area contributed by atoms with Crippen LogP contribution < -0.4 is 0 Å². The molecule has 1 aromatic carbocycles. The van der Waals surface area contributed by atoms with E-state index in [0.717, 1.165) is 23.1 Å². The van der Waals surface area contributed by atoms with Crippen LogP contribution >= 0.6 is 0 Å². The van der Waals surface area contributed by atoms with Crippen molar-refractivity contribution in [1.29, 1.82) is 0 Å². The molecule has 2 rings (SSSR count). The number of oxime groups is 1. The summed E-state index contributed by atoms with van der Waals surface area (Å²) in [7, 11) is 2.78. The van der Waals surface area contributed by atoms with E-state index in [2.05, 4.69) is 25.1 Å². The van der Waals surface area contributed by atoms with Crippen LogP contribution in [-0.2, 0) is 14.4 Å². The summed E-state index contributed by atoms with van der Waals surface area (Å²) in [6.45, 7) is 4.20. The highest BCUT2D eigenvalue weighted by Crippen LogP contribution is 2.32. The van der Waals surface area contributed by atoms with Gasteiger partial charge >= 0.3 is 5.97 Å². The van der Waals surface area contributed by atoms with E-state index in [9.17, 15) is 4.79 Å². The molecule has 0 N–H and O–H groups in total. The van der Waals surface area contributed by atoms with Gasteiger partial charge in [0.15, 0.2) is 5.71 Å². The van der Waals surface area contributed by atoms with Crippen LogP contribution in [0.15, 0.2) is 63.9 Å². The number of carbonyl (C=O) groups is 1. The number of carbonyl (C=O) groups excluding carboxylic acids is 1. The Morgan fingerprint density at radius 1 is 1.04 bits per heavy atom. The quantitative estimate of drug-likeness (QED) is 0.351. The van der Waals surface area contributed by atoms with E-state index in [4.69, 9.17) is 9.57 Å². The predicted octanol–water partition coefficient (Wildman–Crippen LogP) is 4.30. The molecule has 4 heteroatoms. The van der Waals surface area contributed by atoms with Crippen molar-refractivity contribution in [1.82, 2.24) is 0 Å². The molecule has 1 aliphatic carbocycles. The Morgan fingerprint density at radius 3 is 2.33 bits per heavy atom. The fraction of sp³-hybridized carbons (Fsp3) is 0.300. The van der Waals surface area contributed by atoms with Crippen LogP contribution in [0.5, 0.6) is 0 Å². The molecule has 0 atom stereocenters. The van der Waals surface area contributed by atoms with Crippen molar-refractivity contribution in [3.63, 3.8) is 0 Å². The maximum Gasteiger partial charge on any atom is 0.360 e. The minimum atomic E-state index is -0.482. The number of nitrogens with zero attached hydrogens (tertiary/aromatic N) is 1. The van der Waals surface area contributed by atoms with Gasteiger partial charge in [0.1, 0.15) is 7.11 Å². The van der Waals surface area contributed by atoms with E-state index >= 15 is 0 Å². The lowest BCUT2D eigenvalue weighted by Gasteiger charge is -2.21. The zero-order valence-electron chi connectivity index (χ0n) is 14.6. The lowest BCUT2D eigenvalue weighted by Crippen LogP contribution is -2.22. The fourth-order valence-electron chi connectivity index (χ4n) is 2.63. The van der Waals surface area contributed by atoms with Crippen LogP contribution in [0, 0.1) is 0 Å². The van der Waals surface area contributed by atoms with Crippen molar-refractivity contribution in [3.05, 3.63) is 64.3 Å². The third-order valence-corrected chi connectivity index (χ3v) is 4.14. The van der Waals surface area contributed by atoms with E-state index in [0.29, 0.717) is 6.42 Å². The molecule has 0 saturated heterocycles. The minimum absolute atomic E-state index is 0.236. The monoisotopic (exact) mass is 325 g/mol. The number of allylic oxidation sites excluding steroid dienone is 4. The second kappa shape index (κ2) is 8.29. The largest absolute Gasteiger partial charge is 0.464 e. The Hall–Kier alpha value is -2.62. The Bertz CT molecular complexity index is 725. The Morgan fingerprint density at radius 2 is 1.71 bits per heavy atom. The summed E-state index contributed by atoms with van der Waals surface area (Å²) >= 11 is 0. The van der Waals surface area contributed by atoms with Gasteiger partial charge in [0, 0.05) is 0 Å². The van der Waals surface area contributed by atoms with Crippen LogP contribution in [0.3, 0.4) is 0 Å². The van der Waals surface area contributed by atoms with Gasteiger partial charge in [0.05, 0.1) is 7.11 Å². The lowest BCUT2D eigenvalue weighted by atomic mass is 9.84. The molecule has 4 nitrogen and oxygen atoms in total. The molecule has 0 unspecified atom stereocenters. The summed E-state index contributed by atoms with van der Waals surface area (Å²) in [5.74, 6) is -0.482. The molecule has 126 valence electrons. The summed E-state index contributed by atoms with van der Waals surface area (Å²) in [4.78, 5) is 17.0. The molecule has 1 aromatic rings. The van der Waals surface area contributed by atoms with E-state index < -0.39 is 5.97 Å². The van der Waals surface area contributed by atoms with Gasteiger partial charge in [0.25, 0.3) is 0 Å². The van der Waals surface area contributed by atoms with Crippen LogP contribution in [0.1, 0.15) is 32.3 Å². The van der Waals surface area contributed by atoms with Crippen molar-refractivity contribution < 1.29 is 14.4 Å². The molecule has 24 heavy (non-hydrogen) atoms. The molecule has 0 amide bonds. The van der Waals surface area contributed by atoms with Crippen LogP contribution in [-0.4, -0.2) is 25.9 Å². The molecule has 0 aromatic heterocycles. The van der Waals surface area contributed by atoms with Gasteiger partial charge in [-0.05, 0) is 43.4 Å². The Labute approximate surface area is 143 Å². The summed E-state index contributed by atoms with van der Waals surface area (Å²) in [5.41, 5.74) is 5.82. The standard InChI is InChI=1S/C20H23NO3/c1-14-12-17(11-10-16-8-6-5-7-9-16)18(13-15(14)2)19(21-24-4)20(22)23-3/h5-11H,12-13H2,1-4H3/b11-10+,21-19-. The maximum atomic E-state index is 12.1. The number of esters is 1. The highest BCUT2D eigenvalue weighted by Gasteiger charge is 2.25. The van der Waals surface area contributed by atoms with E-state index in [1.54, 1.807) is 0 Å². The highest BCUT2D eigenvalue weighted by atomic mass is 16.6. The first-order valence-electron chi connectivity index (χ1n) is 7.87. The summed E-state index contributed by atoms with van der Waals surface area (Å²) in [6, 6.07) is 10.1. The fourth-order valence-corrected chi connectivity index (χ4v) is 2.63. The minimum Gasteiger partial charge on any atom is -0.464 e. The van der Waals surface area contributed by atoms with Gasteiger partial charge < -0.3 is 9.57 Å². The van der Waals surface area contributed by atoms with Crippen molar-refractivity contribution in [2.24, 2.45) is 5.16 Å². The van der Waals surface area contributed by atoms with Crippen molar-refractivity contribution in [2.75, 3.05) is 14.2 Å². The summed E-state index contributed by atoms with van der Waals surface area (Å²) in [5, 5.41) is 3.91. The zero-order valence-corrected chi connectivity index (χ0v) is 14.6. The van der Waals surface area contributed by atoms with Crippen LogP contribution in [0.2, 0.25) is 0 Å². The van der Waals surface area contributed by atoms with Crippen LogP contribution in [0.4, 0.5) is 0 Å². The van der Waals surface area contributed by atoms with E-state index in [-0.39, 0.29) is 5.71 Å². The number of hydrogen-bond acceptors (Lipinski definition) is 4. The van der Waals surface area contributed by atoms with Gasteiger partial charge in [-0.3, -0.25) is 0 Å². The van der Waals surface area contributed by atoms with E-state index in [1.807, 2.05) is 36.4 Å². The SMILES string of the molecule is CO/N=C(\C(=O)OC)C1=C(/C=C/c2ccccc2)CC(C)=C(C)C1. The normalized spacial score (nSPS) is 15.9. The van der Waals surface area contributed by atoms with Gasteiger partial charge in [-0.2, -0.15) is 0 Å². The molecule has 0 saturated carbocycles. The first-order valence-corrected chi connectivity index (χ1v) is 7.87. The molecule has 0 radical (unpaired) electrons. The van der Waals surface area contributed by atoms with Gasteiger partial charge in [-0.15, -0.1) is 0 Å². The maximum absolute atomic E-state index is 12.1. The van der Waals surface area contributed by atoms with Crippen molar-refractivity contribution in [3.8, 4) is 0 Å². The highest BCUT2D eigenvalue weighted by molar-refractivity contribution is 6.43. The lowest BCUT2D eigenvalue weighted by molar-refractivity contribution is -0.132. The first kappa shape index (κ1) is 17.7. The molecule has 0 fully saturated rings. The van der Waals surface area contributed by atoms with E-state index in [1.165, 1.54) is 25.4 Å². The number of methoxy groups -OCH3 is 1. The second-order valence-corrected chi connectivity index (χ2v) is 5.78. The molecular formula is C20H23NO3. The van der Waals surface area contributed by atoms with Crippen molar-refractivity contribution >= 4 is 17.8 Å². The smallest absolute Gasteiger partial charge is 0.360 e. The number of hydrogen-bond donors (Lipinski definition) is 0. The summed E-state index contributed by atoms with van der Waals surface area (Å²) in [6.07, 6.45) is 5.54. The first-order chi connectivity index (χ1) is 11.6. The molecule has 1 aliphatic rings. The molecule has 0 aliphatic heterocycles. The number of rotatable bonds is 5. The summed E-state index contributed by atoms with van der Waals surface area (Å²) < 4.78 is 4.87. The third-order valence-electron chi connectivity index (χ3n) is 4.14. The van der Waals surface area contributed by atoms with Gasteiger partial charge in [0.2, 0.25) is 0 Å². The molecule has 0 spiro atoms. The topological polar surface area (TPSA) is 47.9 Å². The number of benzene rings is 1. The Balaban J connectivity index is 2.44. The molecule has 0 bridgehead atoms. The van der Waals surface area contributed by atoms with Gasteiger partial charge in [-0.1, -0.05) is 58.8 Å². The third kappa shape index (κ3) is 4.22. The molecule has 0 heterocycles. The van der Waals surface area contributed by atoms with Crippen molar-refractivity contribution in [2.45, 2.75) is 26.7 Å². The zero-order chi connectivity index (χ0) is 17.5. The van der Waals surface area contributed by atoms with Gasteiger partial charge in [-0.25, -0.2) is 4.79 Å². The Kier molecular flexibility index (Phi) is 6.13. The average molecular weight is 325 g/mol. The average Bonchev–Trinajstić information content (AvgIpc) is 2.60. The predicted molar refractivity (Wildman–Crippen MR) is 96.6 cm³/mol. The second-order valence-electron chi connectivity index (χ2n) is 5.78. The van der Waals surface area contributed by atoms with Crippen LogP contribution in [0.25, 0.3) is 6.08 Å².